The molecular weight excluding hydrogens is 240 g/mol. The summed E-state index contributed by atoms with van der Waals surface area (Å²) in [7, 11) is 0. The standard InChI is InChI=1S/C12H26O6/c1-9(14)6-17-8-11(16)3-4-12(5-13)18-7-10(2)15/h9-16H,3-8H2,1-2H3. The fraction of sp³-hybridized carbons (Fsp3) is 1.00. The van der Waals surface area contributed by atoms with E-state index in [4.69, 9.17) is 24.8 Å². The van der Waals surface area contributed by atoms with Crippen LogP contribution in [0.4, 0.5) is 0 Å². The molecule has 0 aliphatic heterocycles. The lowest BCUT2D eigenvalue weighted by Gasteiger charge is -2.18. The van der Waals surface area contributed by atoms with E-state index in [9.17, 15) is 5.11 Å². The molecule has 0 aromatic carbocycles. The lowest BCUT2D eigenvalue weighted by Crippen LogP contribution is -2.26. The van der Waals surface area contributed by atoms with E-state index in [0.29, 0.717) is 12.8 Å². The van der Waals surface area contributed by atoms with Gasteiger partial charge in [0.1, 0.15) is 0 Å². The fourth-order valence-electron chi connectivity index (χ4n) is 1.34. The molecule has 0 saturated carbocycles. The van der Waals surface area contributed by atoms with Crippen LogP contribution >= 0.6 is 0 Å². The molecule has 0 aromatic heterocycles. The van der Waals surface area contributed by atoms with Gasteiger partial charge in [0.25, 0.3) is 0 Å². The molecule has 0 radical (unpaired) electrons. The molecule has 0 aromatic rings. The number of hydrogen-bond acceptors (Lipinski definition) is 6. The Hall–Kier alpha value is -0.240. The zero-order chi connectivity index (χ0) is 14.0. The van der Waals surface area contributed by atoms with E-state index in [1.165, 1.54) is 0 Å². The van der Waals surface area contributed by atoms with Gasteiger partial charge in [-0.3, -0.25) is 0 Å². The molecule has 4 N–H and O–H groups in total. The Labute approximate surface area is 108 Å². The third kappa shape index (κ3) is 10.9. The van der Waals surface area contributed by atoms with Gasteiger partial charge in [-0.15, -0.1) is 0 Å². The molecule has 0 saturated heterocycles. The maximum absolute atomic E-state index is 9.59. The highest BCUT2D eigenvalue weighted by Crippen LogP contribution is 2.06. The first kappa shape index (κ1) is 17.8. The Bertz CT molecular complexity index is 185. The van der Waals surface area contributed by atoms with Crippen LogP contribution in [0, 0.1) is 0 Å². The monoisotopic (exact) mass is 266 g/mol. The summed E-state index contributed by atoms with van der Waals surface area (Å²) >= 11 is 0. The molecule has 4 atom stereocenters. The van der Waals surface area contributed by atoms with Gasteiger partial charge in [0.05, 0.1) is 50.8 Å². The summed E-state index contributed by atoms with van der Waals surface area (Å²) in [4.78, 5) is 0. The van der Waals surface area contributed by atoms with E-state index < -0.39 is 18.3 Å². The highest BCUT2D eigenvalue weighted by Gasteiger charge is 2.13. The van der Waals surface area contributed by atoms with E-state index in [1.54, 1.807) is 13.8 Å². The predicted octanol–water partition coefficient (Wildman–Crippen LogP) is -0.717. The van der Waals surface area contributed by atoms with Crippen LogP contribution in [-0.2, 0) is 9.47 Å². The van der Waals surface area contributed by atoms with Gasteiger partial charge in [0, 0.05) is 0 Å². The highest BCUT2D eigenvalue weighted by atomic mass is 16.5. The molecule has 0 heterocycles. The molecule has 0 fully saturated rings. The summed E-state index contributed by atoms with van der Waals surface area (Å²) in [6.07, 6.45) is -1.22. The van der Waals surface area contributed by atoms with Crippen LogP contribution in [0.1, 0.15) is 26.7 Å². The average Bonchev–Trinajstić information content (AvgIpc) is 2.28. The van der Waals surface area contributed by atoms with Gasteiger partial charge in [-0.2, -0.15) is 0 Å². The van der Waals surface area contributed by atoms with Gasteiger partial charge < -0.3 is 29.9 Å². The molecule has 0 bridgehead atoms. The van der Waals surface area contributed by atoms with Crippen molar-refractivity contribution in [3.8, 4) is 0 Å². The van der Waals surface area contributed by atoms with Gasteiger partial charge in [0.2, 0.25) is 0 Å². The molecule has 4 unspecified atom stereocenters. The van der Waals surface area contributed by atoms with Gasteiger partial charge in [-0.25, -0.2) is 0 Å². The molecule has 18 heavy (non-hydrogen) atoms. The van der Waals surface area contributed by atoms with Gasteiger partial charge in [0.15, 0.2) is 0 Å². The van der Waals surface area contributed by atoms with E-state index in [-0.39, 0.29) is 32.5 Å². The minimum atomic E-state index is -0.645. The second-order valence-corrected chi connectivity index (χ2v) is 4.60. The van der Waals surface area contributed by atoms with Crippen LogP contribution in [0.25, 0.3) is 0 Å². The Morgan fingerprint density at radius 2 is 1.50 bits per heavy atom. The summed E-state index contributed by atoms with van der Waals surface area (Å²) in [6.45, 7) is 3.58. The molecule has 0 spiro atoms. The molecule has 6 heteroatoms. The number of aliphatic hydroxyl groups is 4. The Kier molecular flexibility index (Phi) is 10.5. The summed E-state index contributed by atoms with van der Waals surface area (Å²) < 4.78 is 10.3. The van der Waals surface area contributed by atoms with E-state index in [0.717, 1.165) is 0 Å². The van der Waals surface area contributed by atoms with Crippen molar-refractivity contribution in [2.45, 2.75) is 51.1 Å². The topological polar surface area (TPSA) is 99.4 Å². The third-order valence-corrected chi connectivity index (χ3v) is 2.27. The lowest BCUT2D eigenvalue weighted by molar-refractivity contribution is -0.0431. The van der Waals surface area contributed by atoms with Crippen molar-refractivity contribution in [2.75, 3.05) is 26.4 Å². The molecule has 0 rings (SSSR count). The van der Waals surface area contributed by atoms with Crippen molar-refractivity contribution in [3.05, 3.63) is 0 Å². The lowest BCUT2D eigenvalue weighted by atomic mass is 10.1. The van der Waals surface area contributed by atoms with E-state index in [2.05, 4.69) is 0 Å². The largest absolute Gasteiger partial charge is 0.394 e. The van der Waals surface area contributed by atoms with Crippen LogP contribution in [0.3, 0.4) is 0 Å². The zero-order valence-corrected chi connectivity index (χ0v) is 11.2. The van der Waals surface area contributed by atoms with Crippen molar-refractivity contribution in [1.82, 2.24) is 0 Å². The molecule has 110 valence electrons. The Morgan fingerprint density at radius 1 is 0.889 bits per heavy atom. The van der Waals surface area contributed by atoms with Crippen molar-refractivity contribution in [2.24, 2.45) is 0 Å². The average molecular weight is 266 g/mol. The number of hydrogen-bond donors (Lipinski definition) is 4. The minimum Gasteiger partial charge on any atom is -0.394 e. The van der Waals surface area contributed by atoms with Crippen LogP contribution in [0.2, 0.25) is 0 Å². The van der Waals surface area contributed by atoms with Crippen molar-refractivity contribution in [1.29, 1.82) is 0 Å². The minimum absolute atomic E-state index is 0.145. The second-order valence-electron chi connectivity index (χ2n) is 4.60. The van der Waals surface area contributed by atoms with Gasteiger partial charge in [-0.1, -0.05) is 0 Å². The quantitative estimate of drug-likeness (QED) is 0.394. The summed E-state index contributed by atoms with van der Waals surface area (Å²) in [6, 6.07) is 0. The summed E-state index contributed by atoms with van der Waals surface area (Å²) in [5.41, 5.74) is 0. The third-order valence-electron chi connectivity index (χ3n) is 2.27. The predicted molar refractivity (Wildman–Crippen MR) is 66.2 cm³/mol. The smallest absolute Gasteiger partial charge is 0.0808 e. The van der Waals surface area contributed by atoms with Crippen molar-refractivity contribution in [3.63, 3.8) is 0 Å². The fourth-order valence-corrected chi connectivity index (χ4v) is 1.34. The maximum Gasteiger partial charge on any atom is 0.0808 e. The van der Waals surface area contributed by atoms with Crippen LogP contribution < -0.4 is 0 Å². The Balaban J connectivity index is 3.63. The molecule has 6 nitrogen and oxygen atoms in total. The first-order valence-corrected chi connectivity index (χ1v) is 6.30. The first-order chi connectivity index (χ1) is 8.45. The summed E-state index contributed by atoms with van der Waals surface area (Å²) in [5, 5.41) is 36.6. The molecule has 0 aliphatic carbocycles. The number of aliphatic hydroxyl groups excluding tert-OH is 4. The first-order valence-electron chi connectivity index (χ1n) is 6.30. The zero-order valence-electron chi connectivity index (χ0n) is 11.2. The Morgan fingerprint density at radius 3 is 2.00 bits per heavy atom. The normalized spacial score (nSPS) is 18.3. The number of rotatable bonds is 11. The SMILES string of the molecule is CC(O)COCC(O)CCC(CO)OCC(C)O. The molecule has 0 aliphatic rings. The van der Waals surface area contributed by atoms with E-state index in [1.807, 2.05) is 0 Å². The van der Waals surface area contributed by atoms with Crippen LogP contribution in [0.5, 0.6) is 0 Å². The van der Waals surface area contributed by atoms with Crippen LogP contribution in [-0.4, -0.2) is 71.3 Å². The van der Waals surface area contributed by atoms with Crippen LogP contribution in [0.15, 0.2) is 0 Å². The highest BCUT2D eigenvalue weighted by molar-refractivity contribution is 4.62. The van der Waals surface area contributed by atoms with E-state index >= 15 is 0 Å². The number of ether oxygens (including phenoxy) is 2. The second kappa shape index (κ2) is 10.7. The van der Waals surface area contributed by atoms with Gasteiger partial charge >= 0.3 is 0 Å². The van der Waals surface area contributed by atoms with Crippen molar-refractivity contribution >= 4 is 0 Å². The summed E-state index contributed by atoms with van der Waals surface area (Å²) in [5.74, 6) is 0. The van der Waals surface area contributed by atoms with Crippen molar-refractivity contribution < 1.29 is 29.9 Å². The maximum atomic E-state index is 9.59. The van der Waals surface area contributed by atoms with Gasteiger partial charge in [-0.05, 0) is 26.7 Å². The molecule has 0 amide bonds. The molecular formula is C12H26O6.